The summed E-state index contributed by atoms with van der Waals surface area (Å²) in [4.78, 5) is 25.2. The van der Waals surface area contributed by atoms with E-state index in [1.807, 2.05) is 50.6 Å². The van der Waals surface area contributed by atoms with Crippen molar-refractivity contribution in [3.63, 3.8) is 0 Å². The molecule has 0 saturated heterocycles. The van der Waals surface area contributed by atoms with Gasteiger partial charge < -0.3 is 8.83 Å². The SMILES string of the molecule is CCc1c(C(C)=O)oc2cc(SC)ccc12.CCc1c(C(C)=O)oc2cc(SC)ccc12. The Bertz CT molecular complexity index is 1180. The molecule has 168 valence electrons. The van der Waals surface area contributed by atoms with Crippen LogP contribution in [0, 0.1) is 0 Å². The van der Waals surface area contributed by atoms with Crippen LogP contribution < -0.4 is 0 Å². The first-order valence-electron chi connectivity index (χ1n) is 10.5. The fourth-order valence-electron chi connectivity index (χ4n) is 3.79. The summed E-state index contributed by atoms with van der Waals surface area (Å²) in [7, 11) is 0. The molecule has 4 nitrogen and oxygen atoms in total. The van der Waals surface area contributed by atoms with Gasteiger partial charge in [0.25, 0.3) is 0 Å². The number of thioether (sulfide) groups is 2. The zero-order valence-corrected chi connectivity index (χ0v) is 21.0. The number of hydrogen-bond acceptors (Lipinski definition) is 6. The molecule has 0 bridgehead atoms. The van der Waals surface area contributed by atoms with E-state index in [9.17, 15) is 9.59 Å². The molecule has 0 radical (unpaired) electrons. The van der Waals surface area contributed by atoms with Gasteiger partial charge in [0, 0.05) is 45.5 Å². The molecule has 2 aromatic carbocycles. The van der Waals surface area contributed by atoms with Crippen molar-refractivity contribution in [3.05, 3.63) is 59.0 Å². The number of hydrogen-bond donors (Lipinski definition) is 0. The van der Waals surface area contributed by atoms with E-state index in [-0.39, 0.29) is 11.6 Å². The Morgan fingerprint density at radius 1 is 0.719 bits per heavy atom. The summed E-state index contributed by atoms with van der Waals surface area (Å²) in [6, 6.07) is 12.2. The van der Waals surface area contributed by atoms with Crippen molar-refractivity contribution in [2.75, 3.05) is 12.5 Å². The summed E-state index contributed by atoms with van der Waals surface area (Å²) in [5.41, 5.74) is 3.67. The summed E-state index contributed by atoms with van der Waals surface area (Å²) in [6.07, 6.45) is 5.69. The number of carbonyl (C=O) groups is 2. The maximum Gasteiger partial charge on any atom is 0.195 e. The van der Waals surface area contributed by atoms with Gasteiger partial charge in [0.2, 0.25) is 0 Å². The topological polar surface area (TPSA) is 60.4 Å². The van der Waals surface area contributed by atoms with Gasteiger partial charge in [0.1, 0.15) is 11.2 Å². The van der Waals surface area contributed by atoms with Crippen LogP contribution in [0.15, 0.2) is 55.0 Å². The van der Waals surface area contributed by atoms with Gasteiger partial charge in [-0.3, -0.25) is 9.59 Å². The second-order valence-electron chi connectivity index (χ2n) is 7.36. The molecule has 0 fully saturated rings. The molecule has 4 rings (SSSR count). The molecule has 6 heteroatoms. The molecule has 0 aliphatic carbocycles. The minimum Gasteiger partial charge on any atom is -0.453 e. The van der Waals surface area contributed by atoms with Crippen LogP contribution in [0.25, 0.3) is 21.9 Å². The van der Waals surface area contributed by atoms with Gasteiger partial charge in [0.15, 0.2) is 23.1 Å². The summed E-state index contributed by atoms with van der Waals surface area (Å²) < 4.78 is 11.3. The standard InChI is InChI=1S/2C13H14O2S/c2*1-4-10-11-6-5-9(16-3)7-12(11)15-13(10)8(2)14/h2*5-7H,4H2,1-3H3. The molecule has 4 aromatic rings. The average Bonchev–Trinajstić information content (AvgIpc) is 3.36. The predicted octanol–water partition coefficient (Wildman–Crippen LogP) is 7.84. The van der Waals surface area contributed by atoms with Crippen LogP contribution in [0.1, 0.15) is 59.9 Å². The second-order valence-corrected chi connectivity index (χ2v) is 9.12. The summed E-state index contributed by atoms with van der Waals surface area (Å²) in [6.45, 7) is 7.18. The fraction of sp³-hybridized carbons (Fsp3) is 0.308. The highest BCUT2D eigenvalue weighted by atomic mass is 32.2. The fourth-order valence-corrected chi connectivity index (χ4v) is 4.64. The smallest absolute Gasteiger partial charge is 0.195 e. The number of fused-ring (bicyclic) bond motifs is 2. The van der Waals surface area contributed by atoms with Gasteiger partial charge in [-0.25, -0.2) is 0 Å². The van der Waals surface area contributed by atoms with Crippen LogP contribution in [0.4, 0.5) is 0 Å². The second kappa shape index (κ2) is 10.5. The minimum atomic E-state index is -0.00116. The average molecular weight is 469 g/mol. The van der Waals surface area contributed by atoms with Crippen molar-refractivity contribution in [3.8, 4) is 0 Å². The molecular weight excluding hydrogens is 440 g/mol. The molecule has 0 amide bonds. The Kier molecular flexibility index (Phi) is 7.91. The maximum atomic E-state index is 11.5. The number of Topliss-reactive ketones (excluding diaryl/α,β-unsaturated/α-hetero) is 2. The van der Waals surface area contributed by atoms with Crippen molar-refractivity contribution in [2.45, 2.75) is 50.3 Å². The molecule has 0 N–H and O–H groups in total. The van der Waals surface area contributed by atoms with Crippen LogP contribution >= 0.6 is 23.5 Å². The van der Waals surface area contributed by atoms with Gasteiger partial charge >= 0.3 is 0 Å². The maximum absolute atomic E-state index is 11.5. The quantitative estimate of drug-likeness (QED) is 0.212. The minimum absolute atomic E-state index is 0.00116. The Balaban J connectivity index is 0.000000181. The van der Waals surface area contributed by atoms with E-state index in [2.05, 4.69) is 12.1 Å². The van der Waals surface area contributed by atoms with Gasteiger partial charge in [-0.1, -0.05) is 13.8 Å². The third-order valence-electron chi connectivity index (χ3n) is 5.35. The summed E-state index contributed by atoms with van der Waals surface area (Å²) >= 11 is 3.34. The van der Waals surface area contributed by atoms with Gasteiger partial charge in [0.05, 0.1) is 0 Å². The zero-order valence-electron chi connectivity index (χ0n) is 19.3. The van der Waals surface area contributed by atoms with Crippen LogP contribution in [0.3, 0.4) is 0 Å². The Morgan fingerprint density at radius 3 is 1.38 bits per heavy atom. The third kappa shape index (κ3) is 4.81. The van der Waals surface area contributed by atoms with Crippen molar-refractivity contribution < 1.29 is 18.4 Å². The lowest BCUT2D eigenvalue weighted by Gasteiger charge is -1.96. The molecule has 0 spiro atoms. The van der Waals surface area contributed by atoms with Crippen molar-refractivity contribution in [2.24, 2.45) is 0 Å². The van der Waals surface area contributed by atoms with E-state index < -0.39 is 0 Å². The number of carbonyl (C=O) groups excluding carboxylic acids is 2. The Hall–Kier alpha value is -2.44. The first kappa shape index (κ1) is 24.2. The number of rotatable bonds is 6. The largest absolute Gasteiger partial charge is 0.453 e. The van der Waals surface area contributed by atoms with Crippen molar-refractivity contribution in [1.29, 1.82) is 0 Å². The van der Waals surface area contributed by atoms with E-state index in [4.69, 9.17) is 8.83 Å². The lowest BCUT2D eigenvalue weighted by atomic mass is 10.1. The zero-order chi connectivity index (χ0) is 23.4. The molecule has 2 aromatic heterocycles. The van der Waals surface area contributed by atoms with Crippen molar-refractivity contribution >= 4 is 57.0 Å². The van der Waals surface area contributed by atoms with Gasteiger partial charge in [-0.05, 0) is 61.8 Å². The lowest BCUT2D eigenvalue weighted by Crippen LogP contribution is -1.93. The van der Waals surface area contributed by atoms with Gasteiger partial charge in [-0.15, -0.1) is 23.5 Å². The molecule has 32 heavy (non-hydrogen) atoms. The van der Waals surface area contributed by atoms with Crippen LogP contribution in [-0.2, 0) is 12.8 Å². The van der Waals surface area contributed by atoms with E-state index in [0.717, 1.165) is 55.7 Å². The summed E-state index contributed by atoms with van der Waals surface area (Å²) in [5.74, 6) is 1.02. The van der Waals surface area contributed by atoms with E-state index in [0.29, 0.717) is 11.5 Å². The van der Waals surface area contributed by atoms with E-state index >= 15 is 0 Å². The highest BCUT2D eigenvalue weighted by Crippen LogP contribution is 2.31. The molecular formula is C26H28O4S2. The Morgan fingerprint density at radius 2 is 1.09 bits per heavy atom. The highest BCUT2D eigenvalue weighted by molar-refractivity contribution is 7.98. The number of ketones is 2. The highest BCUT2D eigenvalue weighted by Gasteiger charge is 2.17. The number of furan rings is 2. The molecule has 0 saturated carbocycles. The molecule has 0 atom stereocenters. The van der Waals surface area contributed by atoms with E-state index in [1.165, 1.54) is 0 Å². The lowest BCUT2D eigenvalue weighted by molar-refractivity contribution is 0.0980. The van der Waals surface area contributed by atoms with Crippen molar-refractivity contribution in [1.82, 2.24) is 0 Å². The normalized spacial score (nSPS) is 10.9. The predicted molar refractivity (Wildman–Crippen MR) is 135 cm³/mol. The number of aryl methyl sites for hydroxylation is 2. The monoisotopic (exact) mass is 468 g/mol. The first-order chi connectivity index (χ1) is 15.3. The molecule has 2 heterocycles. The third-order valence-corrected chi connectivity index (χ3v) is 6.80. The van der Waals surface area contributed by atoms with Crippen LogP contribution in [0.5, 0.6) is 0 Å². The number of benzene rings is 2. The van der Waals surface area contributed by atoms with E-state index in [1.54, 1.807) is 37.4 Å². The molecule has 0 aliphatic heterocycles. The van der Waals surface area contributed by atoms with Gasteiger partial charge in [-0.2, -0.15) is 0 Å². The summed E-state index contributed by atoms with van der Waals surface area (Å²) in [5, 5.41) is 2.12. The molecule has 0 aliphatic rings. The Labute approximate surface area is 197 Å². The first-order valence-corrected chi connectivity index (χ1v) is 13.0. The molecule has 0 unspecified atom stereocenters. The van der Waals surface area contributed by atoms with Crippen LogP contribution in [0.2, 0.25) is 0 Å². The van der Waals surface area contributed by atoms with Crippen LogP contribution in [-0.4, -0.2) is 24.1 Å².